The number of allylic oxidation sites excluding steroid dienone is 3. The van der Waals surface area contributed by atoms with Crippen LogP contribution in [-0.4, -0.2) is 0 Å². The first-order valence-electron chi connectivity index (χ1n) is 4.25. The summed E-state index contributed by atoms with van der Waals surface area (Å²) in [6.45, 7) is 14.9. The molecule has 0 aliphatic carbocycles. The van der Waals surface area contributed by atoms with Crippen LogP contribution in [-0.2, 0) is 0 Å². The molecule has 0 atom stereocenters. The molecule has 0 heterocycles. The average Bonchev–Trinajstić information content (AvgIpc) is 1.81. The highest BCUT2D eigenvalue weighted by atomic mass is 14.1. The van der Waals surface area contributed by atoms with Crippen molar-refractivity contribution in [3.8, 4) is 0 Å². The van der Waals surface area contributed by atoms with Gasteiger partial charge in [0.2, 0.25) is 0 Å². The normalized spacial score (nSPS) is 10.0. The van der Waals surface area contributed by atoms with Gasteiger partial charge in [-0.05, 0) is 33.1 Å². The zero-order valence-electron chi connectivity index (χ0n) is 8.49. The van der Waals surface area contributed by atoms with Crippen molar-refractivity contribution in [3.05, 3.63) is 23.3 Å². The molecule has 0 amide bonds. The fraction of sp³-hybridized carbons (Fsp3) is 0.636. The molecular formula is C11H20. The van der Waals surface area contributed by atoms with E-state index in [1.165, 1.54) is 16.7 Å². The summed E-state index contributed by atoms with van der Waals surface area (Å²) in [6.07, 6.45) is 1.07. The molecule has 0 nitrogen and oxygen atoms in total. The van der Waals surface area contributed by atoms with Gasteiger partial charge in [-0.1, -0.05) is 37.1 Å². The molecule has 11 heavy (non-hydrogen) atoms. The Morgan fingerprint density at radius 1 is 1.18 bits per heavy atom. The lowest BCUT2D eigenvalue weighted by molar-refractivity contribution is 0.726. The van der Waals surface area contributed by atoms with Crippen LogP contribution in [0, 0.1) is 5.92 Å². The fourth-order valence-corrected chi connectivity index (χ4v) is 1.28. The molecule has 0 heteroatoms. The number of rotatable bonds is 3. The second-order valence-corrected chi connectivity index (χ2v) is 3.81. The maximum atomic E-state index is 3.93. The maximum absolute atomic E-state index is 3.93. The average molecular weight is 152 g/mol. The summed E-state index contributed by atoms with van der Waals surface area (Å²) in [7, 11) is 0. The quantitative estimate of drug-likeness (QED) is 0.537. The molecule has 0 aromatic heterocycles. The topological polar surface area (TPSA) is 0 Å². The highest BCUT2D eigenvalue weighted by molar-refractivity contribution is 5.18. The van der Waals surface area contributed by atoms with Gasteiger partial charge < -0.3 is 0 Å². The number of hydrogen-bond donors (Lipinski definition) is 0. The molecule has 0 spiro atoms. The molecule has 0 aromatic rings. The van der Waals surface area contributed by atoms with E-state index in [1.54, 1.807) is 0 Å². The monoisotopic (exact) mass is 152 g/mol. The molecule has 0 aliphatic rings. The minimum atomic E-state index is 0.664. The Bertz CT molecular complexity index is 166. The van der Waals surface area contributed by atoms with E-state index < -0.39 is 0 Å². The van der Waals surface area contributed by atoms with Crippen LogP contribution in [0.1, 0.15) is 41.0 Å². The van der Waals surface area contributed by atoms with Crippen molar-refractivity contribution < 1.29 is 0 Å². The summed E-state index contributed by atoms with van der Waals surface area (Å²) < 4.78 is 0. The molecule has 64 valence electrons. The first kappa shape index (κ1) is 10.5. The van der Waals surface area contributed by atoms with Gasteiger partial charge in [0.05, 0.1) is 0 Å². The first-order valence-corrected chi connectivity index (χ1v) is 4.25. The Labute approximate surface area is 71.0 Å². The summed E-state index contributed by atoms with van der Waals surface area (Å²) in [5.41, 5.74) is 4.25. The summed E-state index contributed by atoms with van der Waals surface area (Å²) in [6, 6.07) is 0. The smallest absolute Gasteiger partial charge is 0.0109 e. The molecule has 0 aromatic carbocycles. The third-order valence-corrected chi connectivity index (χ3v) is 1.83. The minimum absolute atomic E-state index is 0.664. The predicted octanol–water partition coefficient (Wildman–Crippen LogP) is 3.95. The lowest BCUT2D eigenvalue weighted by Gasteiger charge is -2.13. The second-order valence-electron chi connectivity index (χ2n) is 3.81. The van der Waals surface area contributed by atoms with Crippen LogP contribution < -0.4 is 0 Å². The molecule has 0 N–H and O–H groups in total. The van der Waals surface area contributed by atoms with Gasteiger partial charge in [0.1, 0.15) is 0 Å². The first-order chi connectivity index (χ1) is 4.95. The van der Waals surface area contributed by atoms with E-state index in [0.717, 1.165) is 6.42 Å². The van der Waals surface area contributed by atoms with Gasteiger partial charge in [-0.3, -0.25) is 0 Å². The van der Waals surface area contributed by atoms with Gasteiger partial charge in [-0.15, -0.1) is 0 Å². The zero-order chi connectivity index (χ0) is 9.02. The highest BCUT2D eigenvalue weighted by Crippen LogP contribution is 2.21. The van der Waals surface area contributed by atoms with Gasteiger partial charge in [-0.2, -0.15) is 0 Å². The van der Waals surface area contributed by atoms with Crippen molar-refractivity contribution in [2.75, 3.05) is 0 Å². The van der Waals surface area contributed by atoms with Crippen molar-refractivity contribution in [1.82, 2.24) is 0 Å². The SMILES string of the molecule is C=C(C)CC(=C(C)C)C(C)C. The third kappa shape index (κ3) is 4.02. The van der Waals surface area contributed by atoms with E-state index in [-0.39, 0.29) is 0 Å². The lowest BCUT2D eigenvalue weighted by atomic mass is 9.93. The van der Waals surface area contributed by atoms with Gasteiger partial charge in [-0.25, -0.2) is 0 Å². The predicted molar refractivity (Wildman–Crippen MR) is 52.6 cm³/mol. The van der Waals surface area contributed by atoms with Crippen LogP contribution in [0.4, 0.5) is 0 Å². The van der Waals surface area contributed by atoms with Crippen LogP contribution in [0.2, 0.25) is 0 Å². The minimum Gasteiger partial charge on any atom is -0.0998 e. The van der Waals surface area contributed by atoms with Crippen molar-refractivity contribution in [2.45, 2.75) is 41.0 Å². The maximum Gasteiger partial charge on any atom is -0.0109 e. The van der Waals surface area contributed by atoms with Crippen LogP contribution in [0.25, 0.3) is 0 Å². The van der Waals surface area contributed by atoms with Crippen molar-refractivity contribution in [1.29, 1.82) is 0 Å². The second kappa shape index (κ2) is 4.38. The molecule has 0 saturated carbocycles. The van der Waals surface area contributed by atoms with E-state index in [0.29, 0.717) is 5.92 Å². The lowest BCUT2D eigenvalue weighted by Crippen LogP contribution is -1.96. The Morgan fingerprint density at radius 3 is 1.73 bits per heavy atom. The Balaban J connectivity index is 4.38. The molecule has 0 saturated heterocycles. The van der Waals surface area contributed by atoms with Crippen LogP contribution in [0.15, 0.2) is 23.3 Å². The van der Waals surface area contributed by atoms with Gasteiger partial charge in [0.25, 0.3) is 0 Å². The molecule has 0 bridgehead atoms. The van der Waals surface area contributed by atoms with Crippen LogP contribution in [0.3, 0.4) is 0 Å². The summed E-state index contributed by atoms with van der Waals surface area (Å²) in [5.74, 6) is 0.664. The van der Waals surface area contributed by atoms with Crippen molar-refractivity contribution in [2.24, 2.45) is 5.92 Å². The van der Waals surface area contributed by atoms with E-state index in [9.17, 15) is 0 Å². The van der Waals surface area contributed by atoms with Gasteiger partial charge in [0.15, 0.2) is 0 Å². The molecule has 0 aliphatic heterocycles. The summed E-state index contributed by atoms with van der Waals surface area (Å²) in [4.78, 5) is 0. The van der Waals surface area contributed by atoms with Crippen LogP contribution in [0.5, 0.6) is 0 Å². The molecular weight excluding hydrogens is 132 g/mol. The van der Waals surface area contributed by atoms with E-state index in [2.05, 4.69) is 41.2 Å². The van der Waals surface area contributed by atoms with Crippen LogP contribution >= 0.6 is 0 Å². The largest absolute Gasteiger partial charge is 0.0998 e. The van der Waals surface area contributed by atoms with Gasteiger partial charge >= 0.3 is 0 Å². The van der Waals surface area contributed by atoms with E-state index >= 15 is 0 Å². The fourth-order valence-electron chi connectivity index (χ4n) is 1.28. The summed E-state index contributed by atoms with van der Waals surface area (Å²) >= 11 is 0. The third-order valence-electron chi connectivity index (χ3n) is 1.83. The highest BCUT2D eigenvalue weighted by Gasteiger charge is 2.04. The molecule has 0 radical (unpaired) electrons. The van der Waals surface area contributed by atoms with Gasteiger partial charge in [0, 0.05) is 0 Å². The molecule has 0 rings (SSSR count). The summed E-state index contributed by atoms with van der Waals surface area (Å²) in [5, 5.41) is 0. The number of hydrogen-bond acceptors (Lipinski definition) is 0. The standard InChI is InChI=1S/C11H20/c1-8(2)7-11(9(3)4)10(5)6/h9H,1,7H2,2-6H3. The Morgan fingerprint density at radius 2 is 1.64 bits per heavy atom. The molecule has 0 unspecified atom stereocenters. The molecule has 0 fully saturated rings. The zero-order valence-corrected chi connectivity index (χ0v) is 8.49. The van der Waals surface area contributed by atoms with E-state index in [1.807, 2.05) is 0 Å². The van der Waals surface area contributed by atoms with Crippen molar-refractivity contribution in [3.63, 3.8) is 0 Å². The Kier molecular flexibility index (Phi) is 4.17. The van der Waals surface area contributed by atoms with Crippen molar-refractivity contribution >= 4 is 0 Å². The Hall–Kier alpha value is -0.520. The van der Waals surface area contributed by atoms with E-state index in [4.69, 9.17) is 0 Å².